The third kappa shape index (κ3) is 3.65. The summed E-state index contributed by atoms with van der Waals surface area (Å²) in [5, 5.41) is 3.35. The molecule has 2 aromatic rings. The molecule has 20 heavy (non-hydrogen) atoms. The number of nitrogens with one attached hydrogen (secondary N) is 1. The van der Waals surface area contributed by atoms with E-state index in [4.69, 9.17) is 34.8 Å². The molecule has 0 aliphatic heterocycles. The van der Waals surface area contributed by atoms with Crippen LogP contribution in [-0.2, 0) is 0 Å². The highest BCUT2D eigenvalue weighted by Gasteiger charge is 2.16. The molecule has 0 unspecified atom stereocenters. The van der Waals surface area contributed by atoms with E-state index in [1.165, 1.54) is 6.20 Å². The maximum atomic E-state index is 12.2. The fourth-order valence-corrected chi connectivity index (χ4v) is 3.25. The van der Waals surface area contributed by atoms with Crippen LogP contribution in [0.2, 0.25) is 15.2 Å². The zero-order valence-corrected chi connectivity index (χ0v) is 15.0. The van der Waals surface area contributed by atoms with Crippen molar-refractivity contribution in [3.63, 3.8) is 0 Å². The van der Waals surface area contributed by atoms with Crippen molar-refractivity contribution in [3.8, 4) is 0 Å². The first-order valence-electron chi connectivity index (χ1n) is 5.15. The van der Waals surface area contributed by atoms with Gasteiger partial charge in [-0.25, -0.2) is 4.98 Å². The van der Waals surface area contributed by atoms with E-state index >= 15 is 0 Å². The summed E-state index contributed by atoms with van der Waals surface area (Å²) >= 11 is 24.5. The van der Waals surface area contributed by atoms with Gasteiger partial charge < -0.3 is 5.32 Å². The Morgan fingerprint density at radius 2 is 1.65 bits per heavy atom. The maximum absolute atomic E-state index is 12.2. The Bertz CT molecular complexity index is 671. The van der Waals surface area contributed by atoms with Crippen LogP contribution in [0.1, 0.15) is 10.4 Å². The fourth-order valence-electron chi connectivity index (χ4n) is 1.42. The SMILES string of the molecule is O=C(Nc1c(Cl)cc(Br)cc1Cl)c1cc(Br)cnc1Cl. The molecule has 3 nitrogen and oxygen atoms in total. The topological polar surface area (TPSA) is 42.0 Å². The molecular formula is C12H5Br2Cl3N2O. The molecule has 1 amide bonds. The Morgan fingerprint density at radius 3 is 2.25 bits per heavy atom. The second-order valence-electron chi connectivity index (χ2n) is 3.69. The van der Waals surface area contributed by atoms with E-state index in [1.807, 2.05) is 0 Å². The largest absolute Gasteiger partial charge is 0.319 e. The lowest BCUT2D eigenvalue weighted by molar-refractivity contribution is 0.102. The zero-order valence-electron chi connectivity index (χ0n) is 9.55. The Morgan fingerprint density at radius 1 is 1.05 bits per heavy atom. The van der Waals surface area contributed by atoms with Crippen molar-refractivity contribution in [1.29, 1.82) is 0 Å². The van der Waals surface area contributed by atoms with Gasteiger partial charge in [-0.3, -0.25) is 4.79 Å². The molecular weight excluding hydrogens is 454 g/mol. The van der Waals surface area contributed by atoms with Crippen LogP contribution in [0.15, 0.2) is 33.3 Å². The number of carbonyl (C=O) groups excluding carboxylic acids is 1. The number of hydrogen-bond donors (Lipinski definition) is 1. The minimum atomic E-state index is -0.449. The highest BCUT2D eigenvalue weighted by Crippen LogP contribution is 2.34. The summed E-state index contributed by atoms with van der Waals surface area (Å²) in [6, 6.07) is 4.82. The number of pyridine rings is 1. The molecule has 0 spiro atoms. The van der Waals surface area contributed by atoms with Crippen molar-refractivity contribution in [1.82, 2.24) is 4.98 Å². The van der Waals surface area contributed by atoms with Crippen molar-refractivity contribution < 1.29 is 4.79 Å². The summed E-state index contributed by atoms with van der Waals surface area (Å²) in [5.41, 5.74) is 0.536. The lowest BCUT2D eigenvalue weighted by Gasteiger charge is -2.10. The molecule has 104 valence electrons. The summed E-state index contributed by atoms with van der Waals surface area (Å²) in [4.78, 5) is 16.1. The number of carbonyl (C=O) groups is 1. The monoisotopic (exact) mass is 456 g/mol. The summed E-state index contributed by atoms with van der Waals surface area (Å²) in [7, 11) is 0. The van der Waals surface area contributed by atoms with Crippen molar-refractivity contribution in [3.05, 3.63) is 54.1 Å². The van der Waals surface area contributed by atoms with Crippen LogP contribution in [0.4, 0.5) is 5.69 Å². The van der Waals surface area contributed by atoms with Gasteiger partial charge in [-0.15, -0.1) is 0 Å². The third-order valence-corrected chi connectivity index (χ3v) is 4.08. The van der Waals surface area contributed by atoms with Crippen LogP contribution >= 0.6 is 66.7 Å². The minimum absolute atomic E-state index is 0.0926. The number of anilines is 1. The molecule has 1 heterocycles. The highest BCUT2D eigenvalue weighted by molar-refractivity contribution is 9.10. The second kappa shape index (κ2) is 6.62. The van der Waals surface area contributed by atoms with E-state index in [0.717, 1.165) is 0 Å². The smallest absolute Gasteiger partial charge is 0.258 e. The van der Waals surface area contributed by atoms with Crippen LogP contribution in [0.3, 0.4) is 0 Å². The molecule has 0 saturated heterocycles. The molecule has 0 bridgehead atoms. The van der Waals surface area contributed by atoms with Gasteiger partial charge in [-0.05, 0) is 34.1 Å². The molecule has 0 saturated carbocycles. The van der Waals surface area contributed by atoms with Crippen LogP contribution in [0, 0.1) is 0 Å². The normalized spacial score (nSPS) is 10.4. The summed E-state index contributed by atoms with van der Waals surface area (Å²) in [6.45, 7) is 0. The quantitative estimate of drug-likeness (QED) is 0.576. The highest BCUT2D eigenvalue weighted by atomic mass is 79.9. The molecule has 0 aliphatic rings. The van der Waals surface area contributed by atoms with Crippen LogP contribution in [-0.4, -0.2) is 10.9 Å². The van der Waals surface area contributed by atoms with Gasteiger partial charge in [0.15, 0.2) is 0 Å². The van der Waals surface area contributed by atoms with Gasteiger partial charge in [0.2, 0.25) is 0 Å². The Hall–Kier alpha value is -0.330. The molecule has 8 heteroatoms. The molecule has 1 aromatic carbocycles. The van der Waals surface area contributed by atoms with Gasteiger partial charge >= 0.3 is 0 Å². The molecule has 2 rings (SSSR count). The number of halogens is 5. The number of hydrogen-bond acceptors (Lipinski definition) is 2. The van der Waals surface area contributed by atoms with Crippen molar-refractivity contribution in [2.24, 2.45) is 0 Å². The average Bonchev–Trinajstić information content (AvgIpc) is 2.36. The summed E-state index contributed by atoms with van der Waals surface area (Å²) in [5.74, 6) is -0.449. The average molecular weight is 459 g/mol. The third-order valence-electron chi connectivity index (χ3n) is 2.30. The number of benzene rings is 1. The van der Waals surface area contributed by atoms with Crippen molar-refractivity contribution in [2.45, 2.75) is 0 Å². The molecule has 0 fully saturated rings. The number of aromatic nitrogens is 1. The van der Waals surface area contributed by atoms with Gasteiger partial charge in [0.25, 0.3) is 5.91 Å². The molecule has 0 radical (unpaired) electrons. The van der Waals surface area contributed by atoms with Gasteiger partial charge in [-0.1, -0.05) is 50.7 Å². The van der Waals surface area contributed by atoms with E-state index in [-0.39, 0.29) is 10.7 Å². The zero-order chi connectivity index (χ0) is 14.9. The van der Waals surface area contributed by atoms with E-state index < -0.39 is 5.91 Å². The fraction of sp³-hybridized carbons (Fsp3) is 0. The van der Waals surface area contributed by atoms with Crippen molar-refractivity contribution >= 4 is 78.3 Å². The first kappa shape index (κ1) is 16.0. The number of nitrogens with zero attached hydrogens (tertiary/aromatic N) is 1. The number of rotatable bonds is 2. The lowest BCUT2D eigenvalue weighted by Crippen LogP contribution is -2.13. The first-order chi connectivity index (χ1) is 9.38. The van der Waals surface area contributed by atoms with E-state index in [2.05, 4.69) is 42.2 Å². The Labute approximate surface area is 146 Å². The van der Waals surface area contributed by atoms with Crippen molar-refractivity contribution in [2.75, 3.05) is 5.32 Å². The molecule has 0 aliphatic carbocycles. The van der Waals surface area contributed by atoms with Gasteiger partial charge in [0, 0.05) is 15.1 Å². The Balaban J connectivity index is 2.35. The van der Waals surface area contributed by atoms with Crippen LogP contribution < -0.4 is 5.32 Å². The predicted molar refractivity (Wildman–Crippen MR) is 89.1 cm³/mol. The first-order valence-corrected chi connectivity index (χ1v) is 7.87. The van der Waals surface area contributed by atoms with Crippen LogP contribution in [0.5, 0.6) is 0 Å². The number of amides is 1. The van der Waals surface area contributed by atoms with Gasteiger partial charge in [0.05, 0.1) is 21.3 Å². The molecule has 1 aromatic heterocycles. The molecule has 1 N–H and O–H groups in total. The van der Waals surface area contributed by atoms with Crippen LogP contribution in [0.25, 0.3) is 0 Å². The maximum Gasteiger partial charge on any atom is 0.258 e. The summed E-state index contributed by atoms with van der Waals surface area (Å²) < 4.78 is 1.35. The van der Waals surface area contributed by atoms with E-state index in [1.54, 1.807) is 18.2 Å². The standard InChI is InChI=1S/C12H5Br2Cl3N2O/c13-5-2-8(15)10(9(16)3-5)19-12(20)7-1-6(14)4-18-11(7)17/h1-4H,(H,19,20). The predicted octanol–water partition coefficient (Wildman–Crippen LogP) is 5.82. The van der Waals surface area contributed by atoms with Gasteiger partial charge in [-0.2, -0.15) is 0 Å². The van der Waals surface area contributed by atoms with E-state index in [9.17, 15) is 4.79 Å². The summed E-state index contributed by atoms with van der Waals surface area (Å²) in [6.07, 6.45) is 1.50. The second-order valence-corrected chi connectivity index (χ2v) is 6.69. The molecule has 0 atom stereocenters. The minimum Gasteiger partial charge on any atom is -0.319 e. The van der Waals surface area contributed by atoms with E-state index in [0.29, 0.717) is 24.7 Å². The lowest BCUT2D eigenvalue weighted by atomic mass is 10.2. The Kier molecular flexibility index (Phi) is 5.31. The van der Waals surface area contributed by atoms with Gasteiger partial charge in [0.1, 0.15) is 5.15 Å².